The van der Waals surface area contributed by atoms with Crippen LogP contribution in [0.5, 0.6) is 11.5 Å². The van der Waals surface area contributed by atoms with Crippen molar-refractivity contribution in [3.63, 3.8) is 0 Å². The van der Waals surface area contributed by atoms with Crippen molar-refractivity contribution in [1.82, 2.24) is 0 Å². The van der Waals surface area contributed by atoms with Gasteiger partial charge in [-0.15, -0.1) is 0 Å². The predicted octanol–water partition coefficient (Wildman–Crippen LogP) is 3.89. The fourth-order valence-electron chi connectivity index (χ4n) is 3.08. The second kappa shape index (κ2) is 6.22. The highest BCUT2D eigenvalue weighted by atomic mass is 79.9. The van der Waals surface area contributed by atoms with Gasteiger partial charge in [-0.1, -0.05) is 19.3 Å². The Bertz CT molecular complexity index is 553. The van der Waals surface area contributed by atoms with Crippen molar-refractivity contribution in [3.8, 4) is 11.5 Å². The van der Waals surface area contributed by atoms with Gasteiger partial charge in [0.1, 0.15) is 10.2 Å². The van der Waals surface area contributed by atoms with Crippen LogP contribution in [0, 0.1) is 5.82 Å². The van der Waals surface area contributed by atoms with Crippen molar-refractivity contribution in [3.05, 3.63) is 21.9 Å². The predicted molar refractivity (Wildman–Crippen MR) is 79.6 cm³/mol. The zero-order chi connectivity index (χ0) is 15.6. The first-order chi connectivity index (χ1) is 9.97. The SMILES string of the molecule is COc1c(F)cc(C2(C(=O)O)CCCCC2)c(OC)c1Br. The van der Waals surface area contributed by atoms with E-state index in [1.807, 2.05) is 0 Å². The van der Waals surface area contributed by atoms with Crippen LogP contribution >= 0.6 is 15.9 Å². The largest absolute Gasteiger partial charge is 0.495 e. The molecule has 2 rings (SSSR count). The van der Waals surface area contributed by atoms with Crippen LogP contribution in [0.15, 0.2) is 10.5 Å². The fourth-order valence-corrected chi connectivity index (χ4v) is 3.81. The third-order valence-corrected chi connectivity index (χ3v) is 4.89. The topological polar surface area (TPSA) is 55.8 Å². The van der Waals surface area contributed by atoms with E-state index < -0.39 is 17.2 Å². The van der Waals surface area contributed by atoms with E-state index >= 15 is 0 Å². The van der Waals surface area contributed by atoms with Crippen LogP contribution < -0.4 is 9.47 Å². The van der Waals surface area contributed by atoms with Gasteiger partial charge in [0.2, 0.25) is 0 Å². The maximum atomic E-state index is 14.2. The molecule has 0 radical (unpaired) electrons. The number of hydrogen-bond acceptors (Lipinski definition) is 3. The Hall–Kier alpha value is -1.30. The smallest absolute Gasteiger partial charge is 0.314 e. The molecular formula is C15H18BrFO4. The molecule has 0 heterocycles. The van der Waals surface area contributed by atoms with Crippen LogP contribution in [-0.2, 0) is 10.2 Å². The van der Waals surface area contributed by atoms with E-state index in [2.05, 4.69) is 15.9 Å². The zero-order valence-corrected chi connectivity index (χ0v) is 13.6. The average molecular weight is 361 g/mol. The molecule has 1 saturated carbocycles. The van der Waals surface area contributed by atoms with Crippen LogP contribution in [-0.4, -0.2) is 25.3 Å². The van der Waals surface area contributed by atoms with Gasteiger partial charge in [0.05, 0.1) is 19.6 Å². The lowest BCUT2D eigenvalue weighted by Gasteiger charge is -2.35. The molecule has 4 nitrogen and oxygen atoms in total. The minimum Gasteiger partial charge on any atom is -0.495 e. The third kappa shape index (κ3) is 2.61. The van der Waals surface area contributed by atoms with Crippen molar-refractivity contribution in [2.75, 3.05) is 14.2 Å². The molecule has 0 aromatic heterocycles. The number of hydrogen-bond donors (Lipinski definition) is 1. The van der Waals surface area contributed by atoms with Gasteiger partial charge in [-0.25, -0.2) is 4.39 Å². The second-order valence-electron chi connectivity index (χ2n) is 5.23. The number of rotatable bonds is 4. The van der Waals surface area contributed by atoms with Crippen LogP contribution in [0.3, 0.4) is 0 Å². The van der Waals surface area contributed by atoms with Crippen molar-refractivity contribution < 1.29 is 23.8 Å². The number of carbonyl (C=O) groups is 1. The first-order valence-corrected chi connectivity index (χ1v) is 7.61. The van der Waals surface area contributed by atoms with Crippen LogP contribution in [0.4, 0.5) is 4.39 Å². The van der Waals surface area contributed by atoms with E-state index in [4.69, 9.17) is 9.47 Å². The summed E-state index contributed by atoms with van der Waals surface area (Å²) in [4.78, 5) is 11.9. The van der Waals surface area contributed by atoms with Gasteiger partial charge in [0, 0.05) is 5.56 Å². The number of benzene rings is 1. The quantitative estimate of drug-likeness (QED) is 0.884. The van der Waals surface area contributed by atoms with Crippen LogP contribution in [0.1, 0.15) is 37.7 Å². The van der Waals surface area contributed by atoms with E-state index in [-0.39, 0.29) is 5.75 Å². The number of ether oxygens (including phenoxy) is 2. The highest BCUT2D eigenvalue weighted by Crippen LogP contribution is 2.49. The normalized spacial score (nSPS) is 17.3. The molecule has 0 amide bonds. The van der Waals surface area contributed by atoms with Crippen molar-refractivity contribution in [1.29, 1.82) is 0 Å². The minimum absolute atomic E-state index is 0.0203. The molecule has 1 fully saturated rings. The average Bonchev–Trinajstić information content (AvgIpc) is 2.47. The lowest BCUT2D eigenvalue weighted by atomic mass is 9.69. The Morgan fingerprint density at radius 2 is 1.81 bits per heavy atom. The van der Waals surface area contributed by atoms with E-state index in [0.717, 1.165) is 19.3 Å². The first kappa shape index (κ1) is 16.1. The molecule has 1 N–H and O–H groups in total. The monoisotopic (exact) mass is 360 g/mol. The fraction of sp³-hybridized carbons (Fsp3) is 0.533. The summed E-state index contributed by atoms with van der Waals surface area (Å²) in [5, 5.41) is 9.75. The van der Waals surface area contributed by atoms with Crippen LogP contribution in [0.25, 0.3) is 0 Å². The standard InChI is InChI=1S/C15H18BrFO4/c1-20-12-9(8-10(17)13(21-2)11(12)16)15(14(18)19)6-4-3-5-7-15/h8H,3-7H2,1-2H3,(H,18,19). The summed E-state index contributed by atoms with van der Waals surface area (Å²) in [6.07, 6.45) is 3.58. The number of aliphatic carboxylic acids is 1. The molecule has 1 aliphatic carbocycles. The molecule has 1 aliphatic rings. The van der Waals surface area contributed by atoms with Crippen molar-refractivity contribution in [2.45, 2.75) is 37.5 Å². The first-order valence-electron chi connectivity index (χ1n) is 6.81. The zero-order valence-electron chi connectivity index (χ0n) is 12.0. The molecule has 0 unspecified atom stereocenters. The van der Waals surface area contributed by atoms with Crippen LogP contribution in [0.2, 0.25) is 0 Å². The van der Waals surface area contributed by atoms with Gasteiger partial charge in [-0.05, 0) is 34.8 Å². The molecular weight excluding hydrogens is 343 g/mol. The molecule has 0 saturated heterocycles. The summed E-state index contributed by atoms with van der Waals surface area (Å²) in [6, 6.07) is 1.24. The summed E-state index contributed by atoms with van der Waals surface area (Å²) in [5.41, 5.74) is -0.721. The molecule has 1 aromatic carbocycles. The molecule has 6 heteroatoms. The highest BCUT2D eigenvalue weighted by Gasteiger charge is 2.44. The maximum absolute atomic E-state index is 14.2. The molecule has 116 valence electrons. The Morgan fingerprint density at radius 1 is 1.24 bits per heavy atom. The Balaban J connectivity index is 2.68. The molecule has 0 aliphatic heterocycles. The summed E-state index contributed by atoms with van der Waals surface area (Å²) in [6.45, 7) is 0. The van der Waals surface area contributed by atoms with Gasteiger partial charge < -0.3 is 14.6 Å². The van der Waals surface area contributed by atoms with E-state index in [1.54, 1.807) is 0 Å². The summed E-state index contributed by atoms with van der Waals surface area (Å²) in [7, 11) is 2.80. The Kier molecular flexibility index (Phi) is 4.76. The second-order valence-corrected chi connectivity index (χ2v) is 6.03. The van der Waals surface area contributed by atoms with Gasteiger partial charge in [0.15, 0.2) is 11.6 Å². The Morgan fingerprint density at radius 3 is 2.29 bits per heavy atom. The van der Waals surface area contributed by atoms with Gasteiger partial charge >= 0.3 is 5.97 Å². The highest BCUT2D eigenvalue weighted by molar-refractivity contribution is 9.10. The number of carboxylic acid groups (broad SMARTS) is 1. The molecule has 0 bridgehead atoms. The molecule has 1 aromatic rings. The van der Waals surface area contributed by atoms with Gasteiger partial charge in [-0.3, -0.25) is 4.79 Å². The number of carboxylic acids is 1. The molecule has 21 heavy (non-hydrogen) atoms. The number of methoxy groups -OCH3 is 2. The summed E-state index contributed by atoms with van der Waals surface area (Å²) >= 11 is 3.26. The Labute approximate surface area is 131 Å². The molecule has 0 spiro atoms. The van der Waals surface area contributed by atoms with E-state index in [0.29, 0.717) is 28.6 Å². The van der Waals surface area contributed by atoms with E-state index in [1.165, 1.54) is 20.3 Å². The maximum Gasteiger partial charge on any atom is 0.314 e. The van der Waals surface area contributed by atoms with Gasteiger partial charge in [0.25, 0.3) is 0 Å². The lowest BCUT2D eigenvalue weighted by Crippen LogP contribution is -2.38. The molecule has 0 atom stereocenters. The summed E-state index contributed by atoms with van der Waals surface area (Å²) in [5.74, 6) is -1.17. The van der Waals surface area contributed by atoms with E-state index in [9.17, 15) is 14.3 Å². The third-order valence-electron chi connectivity index (χ3n) is 4.17. The summed E-state index contributed by atoms with van der Waals surface area (Å²) < 4.78 is 24.9. The van der Waals surface area contributed by atoms with Crippen molar-refractivity contribution in [2.24, 2.45) is 0 Å². The van der Waals surface area contributed by atoms with Gasteiger partial charge in [-0.2, -0.15) is 0 Å². The van der Waals surface area contributed by atoms with Crippen molar-refractivity contribution >= 4 is 21.9 Å². The number of halogens is 2. The lowest BCUT2D eigenvalue weighted by molar-refractivity contribution is -0.145. The minimum atomic E-state index is -1.10.